The highest BCUT2D eigenvalue weighted by Gasteiger charge is 2.16. The summed E-state index contributed by atoms with van der Waals surface area (Å²) in [5.74, 6) is 0.796. The van der Waals surface area contributed by atoms with Gasteiger partial charge in [-0.05, 0) is 5.92 Å². The van der Waals surface area contributed by atoms with E-state index >= 15 is 0 Å². The average Bonchev–Trinajstić information content (AvgIpc) is 3.03. The topological polar surface area (TPSA) is 119 Å². The van der Waals surface area contributed by atoms with Crippen LogP contribution >= 0.6 is 11.3 Å². The Labute approximate surface area is 119 Å². The summed E-state index contributed by atoms with van der Waals surface area (Å²) in [6.07, 6.45) is 1.20. The lowest BCUT2D eigenvalue weighted by atomic mass is 10.2. The quantitative estimate of drug-likeness (QED) is 0.730. The Morgan fingerprint density at radius 2 is 2.35 bits per heavy atom. The van der Waals surface area contributed by atoms with Crippen LogP contribution in [-0.2, 0) is 6.54 Å². The minimum Gasteiger partial charge on any atom is -0.382 e. The minimum absolute atomic E-state index is 0.182. The molecule has 0 spiro atoms. The van der Waals surface area contributed by atoms with Gasteiger partial charge in [0.05, 0.1) is 6.54 Å². The van der Waals surface area contributed by atoms with Gasteiger partial charge in [-0.15, -0.1) is 0 Å². The number of aromatic nitrogens is 3. The van der Waals surface area contributed by atoms with Gasteiger partial charge in [-0.25, -0.2) is 4.98 Å². The predicted molar refractivity (Wildman–Crippen MR) is 75.3 cm³/mol. The van der Waals surface area contributed by atoms with Gasteiger partial charge < -0.3 is 20.9 Å². The van der Waals surface area contributed by atoms with Gasteiger partial charge in [0.15, 0.2) is 11.0 Å². The monoisotopic (exact) mass is 296 g/mol. The van der Waals surface area contributed by atoms with Crippen molar-refractivity contribution in [3.05, 3.63) is 17.1 Å². The molecule has 0 saturated heterocycles. The molecule has 108 valence electrons. The molecule has 9 heteroatoms. The van der Waals surface area contributed by atoms with Gasteiger partial charge in [0, 0.05) is 6.54 Å². The van der Waals surface area contributed by atoms with Gasteiger partial charge >= 0.3 is 0 Å². The lowest BCUT2D eigenvalue weighted by Gasteiger charge is -2.04. The van der Waals surface area contributed by atoms with Gasteiger partial charge in [-0.1, -0.05) is 30.3 Å². The molecule has 1 amide bonds. The number of carbonyl (C=O) groups is 1. The van der Waals surface area contributed by atoms with Crippen LogP contribution in [0.2, 0.25) is 0 Å². The lowest BCUT2D eigenvalue weighted by molar-refractivity contribution is 0.0954. The van der Waals surface area contributed by atoms with Crippen LogP contribution in [-0.4, -0.2) is 27.6 Å². The Hall–Kier alpha value is -2.16. The summed E-state index contributed by atoms with van der Waals surface area (Å²) >= 11 is 1.22. The van der Waals surface area contributed by atoms with Crippen molar-refractivity contribution in [2.45, 2.75) is 20.4 Å². The number of nitrogens with one attached hydrogen (secondary N) is 2. The second kappa shape index (κ2) is 6.33. The molecule has 0 unspecified atom stereocenters. The maximum absolute atomic E-state index is 12.0. The molecule has 2 aromatic heterocycles. The number of nitrogens with zero attached hydrogens (tertiary/aromatic N) is 3. The van der Waals surface area contributed by atoms with E-state index in [4.69, 9.17) is 5.73 Å². The molecule has 8 nitrogen and oxygen atoms in total. The smallest absolute Gasteiger partial charge is 0.265 e. The van der Waals surface area contributed by atoms with E-state index in [2.05, 4.69) is 44.1 Å². The Morgan fingerprint density at radius 1 is 1.55 bits per heavy atom. The summed E-state index contributed by atoms with van der Waals surface area (Å²) in [6, 6.07) is 0. The third-order valence-corrected chi connectivity index (χ3v) is 3.36. The molecule has 2 heterocycles. The van der Waals surface area contributed by atoms with Crippen LogP contribution in [0, 0.1) is 5.92 Å². The van der Waals surface area contributed by atoms with Gasteiger partial charge in [0.2, 0.25) is 6.39 Å². The fourth-order valence-electron chi connectivity index (χ4n) is 1.37. The van der Waals surface area contributed by atoms with Crippen LogP contribution < -0.4 is 16.4 Å². The number of anilines is 2. The zero-order valence-electron chi connectivity index (χ0n) is 11.2. The number of amides is 1. The van der Waals surface area contributed by atoms with Gasteiger partial charge in [0.25, 0.3) is 5.91 Å². The van der Waals surface area contributed by atoms with Crippen LogP contribution in [0.5, 0.6) is 0 Å². The maximum atomic E-state index is 12.0. The predicted octanol–water partition coefficient (Wildman–Crippen LogP) is 1.11. The Bertz CT molecular complexity index is 565. The molecule has 0 aliphatic carbocycles. The highest BCUT2D eigenvalue weighted by atomic mass is 32.1. The van der Waals surface area contributed by atoms with Crippen molar-refractivity contribution >= 4 is 28.2 Å². The Kier molecular flexibility index (Phi) is 4.51. The molecule has 0 saturated carbocycles. The molecule has 4 N–H and O–H groups in total. The molecule has 0 radical (unpaired) electrons. The number of nitrogen functional groups attached to an aromatic ring is 1. The molecule has 0 aromatic carbocycles. The van der Waals surface area contributed by atoms with Crippen LogP contribution in [0.1, 0.15) is 29.3 Å². The van der Waals surface area contributed by atoms with Crippen LogP contribution in [0.25, 0.3) is 0 Å². The van der Waals surface area contributed by atoms with E-state index in [-0.39, 0.29) is 18.3 Å². The normalized spacial score (nSPS) is 10.8. The molecule has 0 bridgehead atoms. The van der Waals surface area contributed by atoms with Crippen molar-refractivity contribution in [2.75, 3.05) is 17.6 Å². The van der Waals surface area contributed by atoms with Crippen LogP contribution in [0.15, 0.2) is 10.9 Å². The fraction of sp³-hybridized carbons (Fsp3) is 0.455. The molecular weight excluding hydrogens is 280 g/mol. The number of hydrogen-bond acceptors (Lipinski definition) is 8. The van der Waals surface area contributed by atoms with E-state index in [1.165, 1.54) is 17.7 Å². The minimum atomic E-state index is -0.303. The van der Waals surface area contributed by atoms with E-state index in [1.807, 2.05) is 0 Å². The van der Waals surface area contributed by atoms with Crippen molar-refractivity contribution in [2.24, 2.45) is 5.92 Å². The third kappa shape index (κ3) is 3.67. The highest BCUT2D eigenvalue weighted by molar-refractivity contribution is 7.18. The molecule has 2 rings (SSSR count). The number of nitrogens with two attached hydrogens (primary N) is 1. The summed E-state index contributed by atoms with van der Waals surface area (Å²) in [5, 5.41) is 10.0. The van der Waals surface area contributed by atoms with Gasteiger partial charge in [-0.3, -0.25) is 4.79 Å². The first kappa shape index (κ1) is 14.3. The summed E-state index contributed by atoms with van der Waals surface area (Å²) in [5.41, 5.74) is 5.75. The lowest BCUT2D eigenvalue weighted by Crippen LogP contribution is -2.23. The highest BCUT2D eigenvalue weighted by Crippen LogP contribution is 2.24. The van der Waals surface area contributed by atoms with E-state index < -0.39 is 0 Å². The SMILES string of the molecule is CC(C)CNc1nc(N)c(C(=O)NCc2ncon2)s1. The van der Waals surface area contributed by atoms with E-state index in [0.29, 0.717) is 21.8 Å². The fourth-order valence-corrected chi connectivity index (χ4v) is 2.18. The van der Waals surface area contributed by atoms with Crippen molar-refractivity contribution in [3.63, 3.8) is 0 Å². The molecular formula is C11H16N6O2S. The summed E-state index contributed by atoms with van der Waals surface area (Å²) in [7, 11) is 0. The Morgan fingerprint density at radius 3 is 3.00 bits per heavy atom. The second-order valence-corrected chi connectivity index (χ2v) is 5.54. The molecule has 0 atom stereocenters. The van der Waals surface area contributed by atoms with E-state index in [9.17, 15) is 4.79 Å². The molecule has 0 fully saturated rings. The number of rotatable bonds is 6. The average molecular weight is 296 g/mol. The first-order valence-corrected chi connectivity index (χ1v) is 6.91. The Balaban J connectivity index is 1.95. The second-order valence-electron chi connectivity index (χ2n) is 4.54. The van der Waals surface area contributed by atoms with Gasteiger partial charge in [0.1, 0.15) is 10.7 Å². The number of carbonyl (C=O) groups excluding carboxylic acids is 1. The molecule has 0 aliphatic heterocycles. The third-order valence-electron chi connectivity index (χ3n) is 2.34. The first-order chi connectivity index (χ1) is 9.56. The molecule has 20 heavy (non-hydrogen) atoms. The summed E-state index contributed by atoms with van der Waals surface area (Å²) in [4.78, 5) is 20.3. The zero-order valence-corrected chi connectivity index (χ0v) is 12.0. The van der Waals surface area contributed by atoms with Crippen LogP contribution in [0.3, 0.4) is 0 Å². The standard InChI is InChI=1S/C11H16N6O2S/c1-6(2)3-14-11-16-9(12)8(20-11)10(18)13-4-7-15-5-19-17-7/h5-6H,3-4,12H2,1-2H3,(H,13,18)(H,14,16). The number of hydrogen-bond donors (Lipinski definition) is 3. The zero-order chi connectivity index (χ0) is 14.5. The van der Waals surface area contributed by atoms with Crippen molar-refractivity contribution in [3.8, 4) is 0 Å². The molecule has 0 aliphatic rings. The van der Waals surface area contributed by atoms with Crippen molar-refractivity contribution < 1.29 is 9.32 Å². The molecule has 2 aromatic rings. The first-order valence-electron chi connectivity index (χ1n) is 6.10. The van der Waals surface area contributed by atoms with Crippen LogP contribution in [0.4, 0.5) is 10.9 Å². The summed E-state index contributed by atoms with van der Waals surface area (Å²) < 4.78 is 4.58. The number of thiazole rings is 1. The van der Waals surface area contributed by atoms with Crippen molar-refractivity contribution in [1.82, 2.24) is 20.4 Å². The van der Waals surface area contributed by atoms with E-state index in [1.54, 1.807) is 0 Å². The maximum Gasteiger partial charge on any atom is 0.265 e. The van der Waals surface area contributed by atoms with Gasteiger partial charge in [-0.2, -0.15) is 4.98 Å². The summed E-state index contributed by atoms with van der Waals surface area (Å²) in [6.45, 7) is 5.13. The van der Waals surface area contributed by atoms with Crippen molar-refractivity contribution in [1.29, 1.82) is 0 Å². The largest absolute Gasteiger partial charge is 0.382 e. The van der Waals surface area contributed by atoms with E-state index in [0.717, 1.165) is 6.54 Å².